The molecular formula is C36H68O4. The third-order valence-electron chi connectivity index (χ3n) is 8.44. The quantitative estimate of drug-likeness (QED) is 0.0629. The minimum Gasteiger partial charge on any atom is -0.478 e. The van der Waals surface area contributed by atoms with Gasteiger partial charge in [0.1, 0.15) is 0 Å². The van der Waals surface area contributed by atoms with Gasteiger partial charge in [0.25, 0.3) is 0 Å². The lowest BCUT2D eigenvalue weighted by molar-refractivity contribution is -0.136. The third kappa shape index (κ3) is 25.6. The molecule has 0 saturated carbocycles. The van der Waals surface area contributed by atoms with Crippen LogP contribution < -0.4 is 0 Å². The maximum Gasteiger partial charge on any atom is 0.332 e. The summed E-state index contributed by atoms with van der Waals surface area (Å²) in [6.07, 6.45) is 35.9. The molecule has 0 aliphatic heterocycles. The number of rotatable bonds is 32. The van der Waals surface area contributed by atoms with Crippen molar-refractivity contribution in [2.24, 2.45) is 0 Å². The molecule has 4 nitrogen and oxygen atoms in total. The highest BCUT2D eigenvalue weighted by Gasteiger charge is 2.19. The minimum absolute atomic E-state index is 0.140. The highest BCUT2D eigenvalue weighted by atomic mass is 16.4. The molecule has 0 aliphatic rings. The smallest absolute Gasteiger partial charge is 0.332 e. The molecule has 2 N–H and O–H groups in total. The molecule has 4 heteroatoms. The minimum atomic E-state index is -1.04. The van der Waals surface area contributed by atoms with Gasteiger partial charge in [0.05, 0.1) is 0 Å². The largest absolute Gasteiger partial charge is 0.478 e. The first-order valence-corrected chi connectivity index (χ1v) is 17.7. The summed E-state index contributed by atoms with van der Waals surface area (Å²) in [5.74, 6) is -2.09. The van der Waals surface area contributed by atoms with Gasteiger partial charge in [-0.1, -0.05) is 181 Å². The number of unbranched alkanes of at least 4 members (excludes halogenated alkanes) is 26. The summed E-state index contributed by atoms with van der Waals surface area (Å²) in [5, 5.41) is 19.4. The zero-order chi connectivity index (χ0) is 29.5. The van der Waals surface area contributed by atoms with Crippen molar-refractivity contribution in [3.05, 3.63) is 11.1 Å². The molecule has 236 valence electrons. The molecule has 0 aromatic carbocycles. The van der Waals surface area contributed by atoms with Crippen LogP contribution in [0.3, 0.4) is 0 Å². The molecule has 0 bridgehead atoms. The van der Waals surface area contributed by atoms with E-state index >= 15 is 0 Å². The standard InChI is InChI=1S/C36H68O4/c1-3-5-7-9-11-13-15-17-19-21-23-25-27-29-31-33(35(37)38)34(36(39)40)32-30-28-26-24-22-20-18-16-14-12-10-8-6-4-2/h3-32H2,1-2H3,(H,37,38)(H,39,40). The Labute approximate surface area is 249 Å². The maximum absolute atomic E-state index is 11.8. The first-order valence-electron chi connectivity index (χ1n) is 17.7. The lowest BCUT2D eigenvalue weighted by Gasteiger charge is -2.10. The van der Waals surface area contributed by atoms with Crippen LogP contribution >= 0.6 is 0 Å². The molecule has 40 heavy (non-hydrogen) atoms. The average molecular weight is 565 g/mol. The van der Waals surface area contributed by atoms with Gasteiger partial charge in [0.15, 0.2) is 0 Å². The topological polar surface area (TPSA) is 74.6 Å². The van der Waals surface area contributed by atoms with Gasteiger partial charge in [-0.3, -0.25) is 0 Å². The summed E-state index contributed by atoms with van der Waals surface area (Å²) in [6.45, 7) is 4.52. The second kappa shape index (κ2) is 30.6. The Balaban J connectivity index is 3.91. The Kier molecular flexibility index (Phi) is 29.6. The predicted octanol–water partition coefficient (Wildman–Crippen LogP) is 12.2. The molecule has 0 saturated heterocycles. The summed E-state index contributed by atoms with van der Waals surface area (Å²) in [7, 11) is 0. The molecule has 0 aromatic rings. The number of aliphatic carboxylic acids is 2. The van der Waals surface area contributed by atoms with Gasteiger partial charge >= 0.3 is 11.9 Å². The Hall–Kier alpha value is -1.32. The number of hydrogen-bond acceptors (Lipinski definition) is 2. The van der Waals surface area contributed by atoms with Crippen molar-refractivity contribution < 1.29 is 19.8 Å². The summed E-state index contributed by atoms with van der Waals surface area (Å²) >= 11 is 0. The number of carbonyl (C=O) groups is 2. The van der Waals surface area contributed by atoms with Crippen molar-refractivity contribution in [1.82, 2.24) is 0 Å². The molecule has 0 rings (SSSR count). The first kappa shape index (κ1) is 38.7. The summed E-state index contributed by atoms with van der Waals surface area (Å²) in [5.41, 5.74) is 0.280. The number of carboxylic acids is 2. The SMILES string of the molecule is CCCCCCCCCCCCCCCCC(C(=O)O)=C(CCCCCCCCCCCCCCCC)C(=O)O. The number of hydrogen-bond donors (Lipinski definition) is 2. The van der Waals surface area contributed by atoms with Crippen LogP contribution in [0.25, 0.3) is 0 Å². The molecule has 0 radical (unpaired) electrons. The summed E-state index contributed by atoms with van der Waals surface area (Å²) < 4.78 is 0. The molecule has 0 aromatic heterocycles. The molecule has 0 atom stereocenters. The average Bonchev–Trinajstić information content (AvgIpc) is 2.93. The highest BCUT2D eigenvalue weighted by molar-refractivity contribution is 5.98. The lowest BCUT2D eigenvalue weighted by atomic mass is 9.96. The molecule has 0 aliphatic carbocycles. The van der Waals surface area contributed by atoms with E-state index in [-0.39, 0.29) is 11.1 Å². The fourth-order valence-electron chi connectivity index (χ4n) is 5.77. The van der Waals surface area contributed by atoms with E-state index in [1.165, 1.54) is 141 Å². The van der Waals surface area contributed by atoms with Crippen LogP contribution in [-0.2, 0) is 9.59 Å². The second-order valence-corrected chi connectivity index (χ2v) is 12.3. The van der Waals surface area contributed by atoms with Crippen LogP contribution in [0, 0.1) is 0 Å². The van der Waals surface area contributed by atoms with E-state index in [0.29, 0.717) is 12.8 Å². The van der Waals surface area contributed by atoms with Gasteiger partial charge in [-0.05, 0) is 25.7 Å². The Morgan fingerprint density at radius 3 is 0.675 bits per heavy atom. The van der Waals surface area contributed by atoms with E-state index in [4.69, 9.17) is 0 Å². The van der Waals surface area contributed by atoms with Crippen LogP contribution in [0.1, 0.15) is 206 Å². The van der Waals surface area contributed by atoms with E-state index in [1.807, 2.05) is 0 Å². The van der Waals surface area contributed by atoms with Crippen LogP contribution in [0.4, 0.5) is 0 Å². The summed E-state index contributed by atoms with van der Waals surface area (Å²) in [6, 6.07) is 0. The number of carboxylic acid groups (broad SMARTS) is 2. The van der Waals surface area contributed by atoms with Crippen molar-refractivity contribution in [2.45, 2.75) is 206 Å². The molecule has 0 amide bonds. The highest BCUT2D eigenvalue weighted by Crippen LogP contribution is 2.22. The van der Waals surface area contributed by atoms with E-state index < -0.39 is 11.9 Å². The molecular weight excluding hydrogens is 496 g/mol. The third-order valence-corrected chi connectivity index (χ3v) is 8.44. The van der Waals surface area contributed by atoms with E-state index in [2.05, 4.69) is 13.8 Å². The van der Waals surface area contributed by atoms with Crippen molar-refractivity contribution in [2.75, 3.05) is 0 Å². The van der Waals surface area contributed by atoms with Gasteiger partial charge in [-0.15, -0.1) is 0 Å². The Morgan fingerprint density at radius 2 is 0.500 bits per heavy atom. The monoisotopic (exact) mass is 565 g/mol. The van der Waals surface area contributed by atoms with Crippen LogP contribution in [0.15, 0.2) is 11.1 Å². The lowest BCUT2D eigenvalue weighted by Crippen LogP contribution is -2.12. The van der Waals surface area contributed by atoms with Gasteiger partial charge in [0.2, 0.25) is 0 Å². The molecule has 0 spiro atoms. The fourth-order valence-corrected chi connectivity index (χ4v) is 5.77. The van der Waals surface area contributed by atoms with Gasteiger partial charge in [0, 0.05) is 11.1 Å². The Bertz CT molecular complexity index is 558. The summed E-state index contributed by atoms with van der Waals surface area (Å²) in [4.78, 5) is 23.7. The van der Waals surface area contributed by atoms with Crippen molar-refractivity contribution in [3.8, 4) is 0 Å². The predicted molar refractivity (Wildman–Crippen MR) is 172 cm³/mol. The van der Waals surface area contributed by atoms with Crippen LogP contribution in [-0.4, -0.2) is 22.2 Å². The van der Waals surface area contributed by atoms with E-state index in [9.17, 15) is 19.8 Å². The van der Waals surface area contributed by atoms with E-state index in [1.54, 1.807) is 0 Å². The Morgan fingerprint density at radius 1 is 0.325 bits per heavy atom. The molecule has 0 fully saturated rings. The van der Waals surface area contributed by atoms with Gasteiger partial charge in [-0.25, -0.2) is 9.59 Å². The van der Waals surface area contributed by atoms with Crippen LogP contribution in [0.2, 0.25) is 0 Å². The van der Waals surface area contributed by atoms with Crippen molar-refractivity contribution >= 4 is 11.9 Å². The molecule has 0 unspecified atom stereocenters. The fraction of sp³-hybridized carbons (Fsp3) is 0.889. The van der Waals surface area contributed by atoms with Crippen molar-refractivity contribution in [3.63, 3.8) is 0 Å². The normalized spacial score (nSPS) is 12.1. The van der Waals surface area contributed by atoms with E-state index in [0.717, 1.165) is 38.5 Å². The zero-order valence-electron chi connectivity index (χ0n) is 26.9. The van der Waals surface area contributed by atoms with Gasteiger partial charge in [-0.2, -0.15) is 0 Å². The van der Waals surface area contributed by atoms with Gasteiger partial charge < -0.3 is 10.2 Å². The zero-order valence-corrected chi connectivity index (χ0v) is 26.9. The first-order chi connectivity index (χ1) is 19.5. The maximum atomic E-state index is 11.8. The second-order valence-electron chi connectivity index (χ2n) is 12.3. The van der Waals surface area contributed by atoms with Crippen molar-refractivity contribution in [1.29, 1.82) is 0 Å². The molecule has 0 heterocycles. The van der Waals surface area contributed by atoms with Crippen LogP contribution in [0.5, 0.6) is 0 Å².